The number of carbonyl (C=O) groups is 1. The van der Waals surface area contributed by atoms with Crippen LogP contribution in [0, 0.1) is 11.7 Å². The van der Waals surface area contributed by atoms with Crippen molar-refractivity contribution in [3.05, 3.63) is 29.6 Å². The second-order valence-electron chi connectivity index (χ2n) is 5.60. The van der Waals surface area contributed by atoms with Crippen molar-refractivity contribution in [2.45, 2.75) is 38.1 Å². The Bertz CT molecular complexity index is 499. The van der Waals surface area contributed by atoms with Gasteiger partial charge in [0.1, 0.15) is 0 Å². The van der Waals surface area contributed by atoms with Crippen molar-refractivity contribution in [2.75, 3.05) is 13.7 Å². The van der Waals surface area contributed by atoms with E-state index in [0.29, 0.717) is 18.0 Å². The predicted molar refractivity (Wildman–Crippen MR) is 86.8 cm³/mol. The Morgan fingerprint density at radius 2 is 2.14 bits per heavy atom. The number of hydrogen-bond acceptors (Lipinski definition) is 3. The molecular weight excluding hydrogens is 307 g/mol. The molecule has 0 heterocycles. The van der Waals surface area contributed by atoms with Crippen LogP contribution in [0.5, 0.6) is 5.75 Å². The summed E-state index contributed by atoms with van der Waals surface area (Å²) < 4.78 is 18.5. The van der Waals surface area contributed by atoms with E-state index in [-0.39, 0.29) is 36.5 Å². The summed E-state index contributed by atoms with van der Waals surface area (Å²) in [6.45, 7) is 0.599. The van der Waals surface area contributed by atoms with Crippen molar-refractivity contribution < 1.29 is 13.9 Å². The molecule has 2 unspecified atom stereocenters. The molecule has 1 aromatic carbocycles. The van der Waals surface area contributed by atoms with Gasteiger partial charge in [0.15, 0.2) is 11.6 Å². The maximum atomic E-state index is 13.6. The van der Waals surface area contributed by atoms with E-state index < -0.39 is 5.82 Å². The van der Waals surface area contributed by atoms with Gasteiger partial charge in [0.05, 0.1) is 13.5 Å². The average molecular weight is 331 g/mol. The minimum atomic E-state index is -0.444. The molecule has 2 rings (SSSR count). The molecule has 1 aliphatic rings. The second-order valence-corrected chi connectivity index (χ2v) is 5.60. The molecule has 1 saturated carbocycles. The van der Waals surface area contributed by atoms with Crippen molar-refractivity contribution in [2.24, 2.45) is 11.7 Å². The van der Waals surface area contributed by atoms with Crippen LogP contribution in [-0.4, -0.2) is 25.6 Å². The first-order chi connectivity index (χ1) is 10.1. The monoisotopic (exact) mass is 330 g/mol. The number of nitrogens with two attached hydrogens (primary N) is 1. The third-order valence-corrected chi connectivity index (χ3v) is 4.14. The van der Waals surface area contributed by atoms with Gasteiger partial charge in [-0.3, -0.25) is 4.79 Å². The lowest BCUT2D eigenvalue weighted by molar-refractivity contribution is -0.121. The lowest BCUT2D eigenvalue weighted by atomic mass is 9.84. The van der Waals surface area contributed by atoms with Gasteiger partial charge in [0, 0.05) is 6.04 Å². The summed E-state index contributed by atoms with van der Waals surface area (Å²) in [5.74, 6) is 0.0233. The van der Waals surface area contributed by atoms with Gasteiger partial charge in [-0.2, -0.15) is 0 Å². The lowest BCUT2D eigenvalue weighted by Gasteiger charge is -2.31. The van der Waals surface area contributed by atoms with Crippen LogP contribution in [0.3, 0.4) is 0 Å². The fourth-order valence-corrected chi connectivity index (χ4v) is 2.94. The minimum Gasteiger partial charge on any atom is -0.494 e. The molecule has 1 amide bonds. The van der Waals surface area contributed by atoms with E-state index in [1.165, 1.54) is 19.6 Å². The quantitative estimate of drug-likeness (QED) is 0.871. The molecule has 124 valence electrons. The number of methoxy groups -OCH3 is 1. The number of rotatable bonds is 5. The fourth-order valence-electron chi connectivity index (χ4n) is 2.94. The number of carbonyl (C=O) groups excluding carboxylic acids is 1. The van der Waals surface area contributed by atoms with Crippen LogP contribution in [-0.2, 0) is 11.2 Å². The summed E-state index contributed by atoms with van der Waals surface area (Å²) in [7, 11) is 1.42. The molecule has 4 nitrogen and oxygen atoms in total. The van der Waals surface area contributed by atoms with Crippen LogP contribution in [0.1, 0.15) is 31.2 Å². The zero-order chi connectivity index (χ0) is 15.2. The zero-order valence-corrected chi connectivity index (χ0v) is 13.6. The summed E-state index contributed by atoms with van der Waals surface area (Å²) in [5.41, 5.74) is 6.40. The molecule has 0 radical (unpaired) electrons. The maximum absolute atomic E-state index is 13.6. The normalized spacial score (nSPS) is 20.9. The Balaban J connectivity index is 0.00000242. The molecule has 6 heteroatoms. The molecular formula is C16H24ClFN2O2. The topological polar surface area (TPSA) is 64.3 Å². The molecule has 22 heavy (non-hydrogen) atoms. The third-order valence-electron chi connectivity index (χ3n) is 4.14. The number of ether oxygens (including phenoxy) is 1. The SMILES string of the molecule is COc1ccc(CC(=O)NC2CCCCC2CN)cc1F.Cl. The number of amides is 1. The lowest BCUT2D eigenvalue weighted by Crippen LogP contribution is -2.45. The van der Waals surface area contributed by atoms with Crippen LogP contribution in [0.4, 0.5) is 4.39 Å². The summed E-state index contributed by atoms with van der Waals surface area (Å²) in [4.78, 5) is 12.1. The van der Waals surface area contributed by atoms with Crippen LogP contribution < -0.4 is 15.8 Å². The van der Waals surface area contributed by atoms with Crippen molar-refractivity contribution in [3.8, 4) is 5.75 Å². The highest BCUT2D eigenvalue weighted by atomic mass is 35.5. The fraction of sp³-hybridized carbons (Fsp3) is 0.562. The highest BCUT2D eigenvalue weighted by Gasteiger charge is 2.25. The predicted octanol–water partition coefficient (Wildman–Crippen LogP) is 2.43. The van der Waals surface area contributed by atoms with Gasteiger partial charge < -0.3 is 15.8 Å². The Morgan fingerprint density at radius 3 is 2.77 bits per heavy atom. The summed E-state index contributed by atoms with van der Waals surface area (Å²) in [5, 5.41) is 3.04. The van der Waals surface area contributed by atoms with E-state index in [0.717, 1.165) is 19.3 Å². The molecule has 0 aromatic heterocycles. The Kier molecular flexibility index (Phi) is 7.62. The number of halogens is 2. The third kappa shape index (κ3) is 4.85. The van der Waals surface area contributed by atoms with E-state index in [2.05, 4.69) is 5.32 Å². The summed E-state index contributed by atoms with van der Waals surface area (Å²) in [6.07, 6.45) is 4.52. The number of hydrogen-bond donors (Lipinski definition) is 2. The Morgan fingerprint density at radius 1 is 1.41 bits per heavy atom. The van der Waals surface area contributed by atoms with E-state index in [9.17, 15) is 9.18 Å². The van der Waals surface area contributed by atoms with Crippen molar-refractivity contribution in [3.63, 3.8) is 0 Å². The van der Waals surface area contributed by atoms with Crippen LogP contribution in [0.2, 0.25) is 0 Å². The molecule has 1 aliphatic carbocycles. The van der Waals surface area contributed by atoms with Crippen molar-refractivity contribution >= 4 is 18.3 Å². The second kappa shape index (κ2) is 8.96. The van der Waals surface area contributed by atoms with E-state index in [4.69, 9.17) is 10.5 Å². The summed E-state index contributed by atoms with van der Waals surface area (Å²) >= 11 is 0. The van der Waals surface area contributed by atoms with Crippen molar-refractivity contribution in [1.29, 1.82) is 0 Å². The molecule has 0 saturated heterocycles. The summed E-state index contributed by atoms with van der Waals surface area (Å²) in [6, 6.07) is 4.75. The van der Waals surface area contributed by atoms with Gasteiger partial charge >= 0.3 is 0 Å². The number of benzene rings is 1. The van der Waals surface area contributed by atoms with E-state index in [1.807, 2.05) is 0 Å². The van der Waals surface area contributed by atoms with Gasteiger partial charge in [-0.05, 0) is 43.0 Å². The molecule has 0 spiro atoms. The first-order valence-corrected chi connectivity index (χ1v) is 7.46. The molecule has 2 atom stereocenters. The first-order valence-electron chi connectivity index (χ1n) is 7.46. The van der Waals surface area contributed by atoms with E-state index in [1.54, 1.807) is 12.1 Å². The Hall–Kier alpha value is -1.33. The number of nitrogens with one attached hydrogen (secondary N) is 1. The van der Waals surface area contributed by atoms with Gasteiger partial charge in [0.2, 0.25) is 5.91 Å². The van der Waals surface area contributed by atoms with Gasteiger partial charge in [-0.1, -0.05) is 18.9 Å². The largest absolute Gasteiger partial charge is 0.494 e. The van der Waals surface area contributed by atoms with Crippen molar-refractivity contribution in [1.82, 2.24) is 5.32 Å². The van der Waals surface area contributed by atoms with Gasteiger partial charge in [-0.25, -0.2) is 4.39 Å². The average Bonchev–Trinajstić information content (AvgIpc) is 2.48. The highest BCUT2D eigenvalue weighted by Crippen LogP contribution is 2.24. The van der Waals surface area contributed by atoms with Crippen LogP contribution >= 0.6 is 12.4 Å². The first kappa shape index (κ1) is 18.7. The molecule has 1 fully saturated rings. The minimum absolute atomic E-state index is 0. The highest BCUT2D eigenvalue weighted by molar-refractivity contribution is 5.85. The maximum Gasteiger partial charge on any atom is 0.224 e. The van der Waals surface area contributed by atoms with Crippen LogP contribution in [0.25, 0.3) is 0 Å². The standard InChI is InChI=1S/C16H23FN2O2.ClH/c1-21-15-7-6-11(8-13(15)17)9-16(20)19-14-5-3-2-4-12(14)10-18;/h6-8,12,14H,2-5,9-10,18H2,1H3,(H,19,20);1H. The molecule has 0 bridgehead atoms. The van der Waals surface area contributed by atoms with E-state index >= 15 is 0 Å². The Labute approximate surface area is 137 Å². The van der Waals surface area contributed by atoms with Gasteiger partial charge in [0.25, 0.3) is 0 Å². The zero-order valence-electron chi connectivity index (χ0n) is 12.8. The smallest absolute Gasteiger partial charge is 0.224 e. The van der Waals surface area contributed by atoms with Crippen LogP contribution in [0.15, 0.2) is 18.2 Å². The molecule has 0 aliphatic heterocycles. The molecule has 3 N–H and O–H groups in total. The molecule has 1 aromatic rings. The van der Waals surface area contributed by atoms with Gasteiger partial charge in [-0.15, -0.1) is 12.4 Å².